The molecule has 1 N–H and O–H groups in total. The summed E-state index contributed by atoms with van der Waals surface area (Å²) < 4.78 is 0. The first-order chi connectivity index (χ1) is 16.6. The van der Waals surface area contributed by atoms with Crippen molar-refractivity contribution in [3.8, 4) is 0 Å². The molecule has 3 rings (SSSR count). The summed E-state index contributed by atoms with van der Waals surface area (Å²) in [5.41, 5.74) is 2.03. The predicted molar refractivity (Wildman–Crippen MR) is 141 cm³/mol. The lowest BCUT2D eigenvalue weighted by Crippen LogP contribution is -2.50. The molecule has 0 aliphatic rings. The maximum Gasteiger partial charge on any atom is 0.243 e. The lowest BCUT2D eigenvalue weighted by Gasteiger charge is -2.31. The third kappa shape index (κ3) is 8.23. The van der Waals surface area contributed by atoms with Crippen LogP contribution in [-0.2, 0) is 22.6 Å². The van der Waals surface area contributed by atoms with E-state index in [1.807, 2.05) is 91.9 Å². The van der Waals surface area contributed by atoms with E-state index in [2.05, 4.69) is 5.32 Å². The Morgan fingerprint density at radius 3 is 2.15 bits per heavy atom. The van der Waals surface area contributed by atoms with E-state index in [0.29, 0.717) is 36.7 Å². The van der Waals surface area contributed by atoms with Gasteiger partial charge in [0.05, 0.1) is 0 Å². The lowest BCUT2D eigenvalue weighted by atomic mass is 10.0. The second-order valence-corrected chi connectivity index (χ2v) is 9.66. The van der Waals surface area contributed by atoms with Gasteiger partial charge < -0.3 is 10.2 Å². The zero-order chi connectivity index (χ0) is 24.2. The summed E-state index contributed by atoms with van der Waals surface area (Å²) in [4.78, 5) is 29.6. The molecule has 0 radical (unpaired) electrons. The minimum Gasteiger partial charge on any atom is -0.354 e. The van der Waals surface area contributed by atoms with E-state index in [-0.39, 0.29) is 11.8 Å². The number of carbonyl (C=O) groups excluding carboxylic acids is 2. The van der Waals surface area contributed by atoms with Gasteiger partial charge in [0.1, 0.15) is 6.04 Å². The van der Waals surface area contributed by atoms with Crippen molar-refractivity contribution < 1.29 is 9.59 Å². The van der Waals surface area contributed by atoms with Crippen LogP contribution in [-0.4, -0.2) is 35.1 Å². The quantitative estimate of drug-likeness (QED) is 0.315. The largest absolute Gasteiger partial charge is 0.354 e. The highest BCUT2D eigenvalue weighted by molar-refractivity contribution is 7.99. The van der Waals surface area contributed by atoms with Gasteiger partial charge >= 0.3 is 0 Å². The van der Waals surface area contributed by atoms with Crippen molar-refractivity contribution in [2.45, 2.75) is 43.7 Å². The molecule has 0 fully saturated rings. The lowest BCUT2D eigenvalue weighted by molar-refractivity contribution is -0.141. The number of benzene rings is 3. The van der Waals surface area contributed by atoms with Gasteiger partial charge in [-0.15, -0.1) is 11.8 Å². The van der Waals surface area contributed by atoms with Crippen molar-refractivity contribution in [3.05, 3.63) is 101 Å². The fourth-order valence-corrected chi connectivity index (χ4v) is 4.60. The molecular weight excluding hydrogens is 464 g/mol. The van der Waals surface area contributed by atoms with Crippen molar-refractivity contribution in [1.29, 1.82) is 0 Å². The average Bonchev–Trinajstić information content (AvgIpc) is 2.87. The second kappa shape index (κ2) is 13.8. The molecule has 0 spiro atoms. The SMILES string of the molecule is CCCNC(=O)[C@@H](Cc1ccccc1)N(Cc1ccccc1)C(=O)CCSc1ccc(Cl)cc1. The molecule has 0 saturated heterocycles. The summed E-state index contributed by atoms with van der Waals surface area (Å²) in [5, 5.41) is 3.70. The molecule has 0 heterocycles. The van der Waals surface area contributed by atoms with Crippen molar-refractivity contribution in [3.63, 3.8) is 0 Å². The molecule has 0 unspecified atom stereocenters. The molecule has 3 aromatic rings. The van der Waals surface area contributed by atoms with Crippen LogP contribution in [0.1, 0.15) is 30.9 Å². The molecule has 178 valence electrons. The van der Waals surface area contributed by atoms with Gasteiger partial charge in [0.2, 0.25) is 11.8 Å². The van der Waals surface area contributed by atoms with E-state index in [9.17, 15) is 9.59 Å². The number of hydrogen-bond acceptors (Lipinski definition) is 3. The molecule has 3 aromatic carbocycles. The highest BCUT2D eigenvalue weighted by Crippen LogP contribution is 2.22. The number of hydrogen-bond donors (Lipinski definition) is 1. The number of nitrogens with zero attached hydrogens (tertiary/aromatic N) is 1. The molecule has 34 heavy (non-hydrogen) atoms. The third-order valence-corrected chi connectivity index (χ3v) is 6.68. The van der Waals surface area contributed by atoms with Crippen LogP contribution in [0.15, 0.2) is 89.8 Å². The standard InChI is InChI=1S/C28H31ClN2O2S/c1-2-18-30-28(33)26(20-22-9-5-3-6-10-22)31(21-23-11-7-4-8-12-23)27(32)17-19-34-25-15-13-24(29)14-16-25/h3-16,26H,2,17-21H2,1H3,(H,30,33)/t26-/m1/s1. The van der Waals surface area contributed by atoms with Gasteiger partial charge in [0, 0.05) is 41.6 Å². The molecule has 0 aliphatic carbocycles. The summed E-state index contributed by atoms with van der Waals surface area (Å²) in [5.74, 6) is 0.485. The number of halogens is 1. The monoisotopic (exact) mass is 494 g/mol. The Balaban J connectivity index is 1.79. The zero-order valence-corrected chi connectivity index (χ0v) is 21.0. The van der Waals surface area contributed by atoms with Crippen molar-refractivity contribution in [1.82, 2.24) is 10.2 Å². The second-order valence-electron chi connectivity index (χ2n) is 8.06. The zero-order valence-electron chi connectivity index (χ0n) is 19.5. The molecule has 2 amide bonds. The smallest absolute Gasteiger partial charge is 0.243 e. The molecule has 0 bridgehead atoms. The summed E-state index contributed by atoms with van der Waals surface area (Å²) in [6, 6.07) is 26.8. The van der Waals surface area contributed by atoms with E-state index in [1.165, 1.54) is 0 Å². The van der Waals surface area contributed by atoms with Crippen LogP contribution in [0.3, 0.4) is 0 Å². The van der Waals surface area contributed by atoms with Gasteiger partial charge in [-0.1, -0.05) is 79.2 Å². The molecule has 0 aliphatic heterocycles. The van der Waals surface area contributed by atoms with E-state index in [0.717, 1.165) is 22.4 Å². The first-order valence-corrected chi connectivity index (χ1v) is 13.0. The molecular formula is C28H31ClN2O2S. The van der Waals surface area contributed by atoms with Crippen LogP contribution >= 0.6 is 23.4 Å². The average molecular weight is 495 g/mol. The molecule has 1 atom stereocenters. The van der Waals surface area contributed by atoms with Gasteiger partial charge in [0.25, 0.3) is 0 Å². The summed E-state index contributed by atoms with van der Waals surface area (Å²) >= 11 is 7.59. The minimum absolute atomic E-state index is 0.0297. The van der Waals surface area contributed by atoms with Crippen LogP contribution in [0.25, 0.3) is 0 Å². The topological polar surface area (TPSA) is 49.4 Å². The Hall–Kier alpha value is -2.76. The summed E-state index contributed by atoms with van der Waals surface area (Å²) in [6.45, 7) is 3.00. The summed E-state index contributed by atoms with van der Waals surface area (Å²) in [6.07, 6.45) is 1.65. The van der Waals surface area contributed by atoms with Gasteiger partial charge in [-0.2, -0.15) is 0 Å². The maximum atomic E-state index is 13.5. The van der Waals surface area contributed by atoms with Gasteiger partial charge in [0.15, 0.2) is 0 Å². The van der Waals surface area contributed by atoms with E-state index in [4.69, 9.17) is 11.6 Å². The van der Waals surface area contributed by atoms with Gasteiger partial charge in [-0.3, -0.25) is 9.59 Å². The van der Waals surface area contributed by atoms with Gasteiger partial charge in [-0.05, 0) is 41.8 Å². The predicted octanol–water partition coefficient (Wildman–Crippen LogP) is 5.99. The number of rotatable bonds is 12. The number of nitrogens with one attached hydrogen (secondary N) is 1. The van der Waals surface area contributed by atoms with Crippen molar-refractivity contribution in [2.75, 3.05) is 12.3 Å². The molecule has 0 saturated carbocycles. The first-order valence-electron chi connectivity index (χ1n) is 11.6. The molecule has 0 aromatic heterocycles. The Morgan fingerprint density at radius 2 is 1.53 bits per heavy atom. The third-order valence-electron chi connectivity index (χ3n) is 5.41. The maximum absolute atomic E-state index is 13.5. The van der Waals surface area contributed by atoms with E-state index in [1.54, 1.807) is 16.7 Å². The summed E-state index contributed by atoms with van der Waals surface area (Å²) in [7, 11) is 0. The van der Waals surface area contributed by atoms with Crippen LogP contribution in [0.4, 0.5) is 0 Å². The van der Waals surface area contributed by atoms with Gasteiger partial charge in [-0.25, -0.2) is 0 Å². The fraction of sp³-hybridized carbons (Fsp3) is 0.286. The first kappa shape index (κ1) is 25.9. The van der Waals surface area contributed by atoms with E-state index >= 15 is 0 Å². The van der Waals surface area contributed by atoms with Crippen LogP contribution in [0.5, 0.6) is 0 Å². The number of carbonyl (C=O) groups is 2. The minimum atomic E-state index is -0.581. The van der Waals surface area contributed by atoms with E-state index < -0.39 is 6.04 Å². The Kier molecular flexibility index (Phi) is 10.5. The molecule has 4 nitrogen and oxygen atoms in total. The molecule has 6 heteroatoms. The highest BCUT2D eigenvalue weighted by atomic mass is 35.5. The fourth-order valence-electron chi connectivity index (χ4n) is 3.63. The normalized spacial score (nSPS) is 11.6. The van der Waals surface area contributed by atoms with Crippen molar-refractivity contribution >= 4 is 35.2 Å². The number of amides is 2. The Bertz CT molecular complexity index is 1030. The van der Waals surface area contributed by atoms with Crippen molar-refractivity contribution in [2.24, 2.45) is 0 Å². The highest BCUT2D eigenvalue weighted by Gasteiger charge is 2.29. The Labute approximate surface area is 211 Å². The van der Waals surface area contributed by atoms with Crippen LogP contribution < -0.4 is 5.32 Å². The van der Waals surface area contributed by atoms with Crippen LogP contribution in [0.2, 0.25) is 5.02 Å². The van der Waals surface area contributed by atoms with Crippen LogP contribution in [0, 0.1) is 0 Å². The Morgan fingerprint density at radius 1 is 0.912 bits per heavy atom. The number of thioether (sulfide) groups is 1.